The summed E-state index contributed by atoms with van der Waals surface area (Å²) in [5.74, 6) is -0.0184. The van der Waals surface area contributed by atoms with E-state index >= 15 is 0 Å². The van der Waals surface area contributed by atoms with Gasteiger partial charge in [0.05, 0.1) is 17.8 Å². The fourth-order valence-corrected chi connectivity index (χ4v) is 3.27. The minimum absolute atomic E-state index is 0.0886. The molecule has 0 saturated carbocycles. The summed E-state index contributed by atoms with van der Waals surface area (Å²) in [6.45, 7) is 0. The summed E-state index contributed by atoms with van der Waals surface area (Å²) in [6.07, 6.45) is -0.0886. The number of aromatic nitrogens is 2. The molecule has 3 aromatic carbocycles. The molecule has 1 aromatic heterocycles. The fourth-order valence-electron chi connectivity index (χ4n) is 3.27. The van der Waals surface area contributed by atoms with Crippen molar-refractivity contribution in [3.05, 3.63) is 96.6 Å². The molecule has 0 fully saturated rings. The Balaban J connectivity index is 1.35. The SMILES string of the molecule is NC(CC(=O)Oc1ccccc1NC(=O)Nc1ccc(-c2ccccc2)nn1)c1ccc(O)cc1. The molecule has 4 aromatic rings. The topological polar surface area (TPSA) is 139 Å². The van der Waals surface area contributed by atoms with Gasteiger partial charge >= 0.3 is 12.0 Å². The van der Waals surface area contributed by atoms with Crippen LogP contribution in [0.4, 0.5) is 16.3 Å². The molecule has 9 nitrogen and oxygen atoms in total. The summed E-state index contributed by atoms with van der Waals surface area (Å²) in [7, 11) is 0. The van der Waals surface area contributed by atoms with Crippen molar-refractivity contribution in [1.29, 1.82) is 0 Å². The number of carbonyl (C=O) groups excluding carboxylic acids is 2. The van der Waals surface area contributed by atoms with Gasteiger partial charge in [0.2, 0.25) is 0 Å². The maximum absolute atomic E-state index is 12.5. The Kier molecular flexibility index (Phi) is 7.29. The molecule has 0 radical (unpaired) electrons. The van der Waals surface area contributed by atoms with E-state index in [4.69, 9.17) is 10.5 Å². The number of amides is 2. The number of esters is 1. The molecule has 0 saturated heterocycles. The number of phenolic OH excluding ortho intramolecular Hbond substituents is 1. The molecule has 176 valence electrons. The van der Waals surface area contributed by atoms with Gasteiger partial charge in [0.15, 0.2) is 11.6 Å². The van der Waals surface area contributed by atoms with Gasteiger partial charge in [0.25, 0.3) is 0 Å². The summed E-state index contributed by atoms with van der Waals surface area (Å²) in [6, 6.07) is 24.6. The molecule has 9 heteroatoms. The number of hydrogen-bond acceptors (Lipinski definition) is 7. The lowest BCUT2D eigenvalue weighted by Gasteiger charge is -2.14. The normalized spacial score (nSPS) is 11.3. The molecule has 1 atom stereocenters. The first-order chi connectivity index (χ1) is 17.0. The van der Waals surface area contributed by atoms with Crippen molar-refractivity contribution in [2.24, 2.45) is 5.73 Å². The predicted octanol–water partition coefficient (Wildman–Crippen LogP) is 4.49. The van der Waals surface area contributed by atoms with Crippen LogP contribution in [-0.2, 0) is 4.79 Å². The Labute approximate surface area is 201 Å². The van der Waals surface area contributed by atoms with Crippen molar-refractivity contribution >= 4 is 23.5 Å². The lowest BCUT2D eigenvalue weighted by Crippen LogP contribution is -2.22. The highest BCUT2D eigenvalue weighted by atomic mass is 16.5. The summed E-state index contributed by atoms with van der Waals surface area (Å²) < 4.78 is 5.44. The Morgan fingerprint density at radius 2 is 1.57 bits per heavy atom. The molecular formula is C26H23N5O4. The van der Waals surface area contributed by atoms with Crippen molar-refractivity contribution in [3.63, 3.8) is 0 Å². The van der Waals surface area contributed by atoms with Crippen molar-refractivity contribution < 1.29 is 19.4 Å². The highest BCUT2D eigenvalue weighted by Gasteiger charge is 2.16. The number of aromatic hydroxyl groups is 1. The van der Waals surface area contributed by atoms with Crippen LogP contribution >= 0.6 is 0 Å². The van der Waals surface area contributed by atoms with Crippen molar-refractivity contribution in [3.8, 4) is 22.8 Å². The average molecular weight is 470 g/mol. The van der Waals surface area contributed by atoms with E-state index in [2.05, 4.69) is 20.8 Å². The molecule has 1 heterocycles. The van der Waals surface area contributed by atoms with Gasteiger partial charge in [-0.25, -0.2) is 4.79 Å². The zero-order valence-electron chi connectivity index (χ0n) is 18.6. The number of nitrogens with zero attached hydrogens (tertiary/aromatic N) is 2. The third-order valence-corrected chi connectivity index (χ3v) is 5.04. The van der Waals surface area contributed by atoms with Crippen LogP contribution in [0, 0.1) is 0 Å². The largest absolute Gasteiger partial charge is 0.508 e. The number of nitrogens with two attached hydrogens (primary N) is 1. The van der Waals surface area contributed by atoms with Crippen molar-refractivity contribution in [2.45, 2.75) is 12.5 Å². The van der Waals surface area contributed by atoms with Gasteiger partial charge in [-0.3, -0.25) is 10.1 Å². The van der Waals surface area contributed by atoms with Crippen LogP contribution in [0.5, 0.6) is 11.5 Å². The molecule has 5 N–H and O–H groups in total. The summed E-state index contributed by atoms with van der Waals surface area (Å²) in [4.78, 5) is 24.9. The Hall–Kier alpha value is -4.76. The van der Waals surface area contributed by atoms with E-state index in [9.17, 15) is 14.7 Å². The zero-order valence-corrected chi connectivity index (χ0v) is 18.6. The molecule has 35 heavy (non-hydrogen) atoms. The van der Waals surface area contributed by atoms with Crippen LogP contribution in [0.25, 0.3) is 11.3 Å². The molecular weight excluding hydrogens is 446 g/mol. The van der Waals surface area contributed by atoms with E-state index in [1.807, 2.05) is 30.3 Å². The van der Waals surface area contributed by atoms with E-state index in [1.54, 1.807) is 48.5 Å². The van der Waals surface area contributed by atoms with Crippen LogP contribution < -0.4 is 21.1 Å². The van der Waals surface area contributed by atoms with Crippen LogP contribution in [0.15, 0.2) is 91.0 Å². The van der Waals surface area contributed by atoms with Crippen molar-refractivity contribution in [1.82, 2.24) is 10.2 Å². The van der Waals surface area contributed by atoms with Crippen LogP contribution in [-0.4, -0.2) is 27.3 Å². The number of para-hydroxylation sites is 2. The third-order valence-electron chi connectivity index (χ3n) is 5.04. The Morgan fingerprint density at radius 3 is 2.29 bits per heavy atom. The minimum atomic E-state index is -0.607. The highest BCUT2D eigenvalue weighted by molar-refractivity contribution is 6.00. The number of hydrogen-bond donors (Lipinski definition) is 4. The quantitative estimate of drug-likeness (QED) is 0.231. The first-order valence-corrected chi connectivity index (χ1v) is 10.8. The number of carbonyl (C=O) groups is 2. The Morgan fingerprint density at radius 1 is 0.857 bits per heavy atom. The average Bonchev–Trinajstić information content (AvgIpc) is 2.86. The Bertz CT molecular complexity index is 1300. The lowest BCUT2D eigenvalue weighted by molar-refractivity contribution is -0.134. The predicted molar refractivity (Wildman–Crippen MR) is 132 cm³/mol. The van der Waals surface area contributed by atoms with Gasteiger partial charge in [-0.05, 0) is 42.0 Å². The summed E-state index contributed by atoms with van der Waals surface area (Å²) >= 11 is 0. The van der Waals surface area contributed by atoms with Crippen LogP contribution in [0.1, 0.15) is 18.0 Å². The second-order valence-electron chi connectivity index (χ2n) is 7.62. The van der Waals surface area contributed by atoms with Crippen molar-refractivity contribution in [2.75, 3.05) is 10.6 Å². The molecule has 0 aliphatic carbocycles. The maximum atomic E-state index is 12.5. The lowest BCUT2D eigenvalue weighted by atomic mass is 10.0. The third kappa shape index (κ3) is 6.40. The van der Waals surface area contributed by atoms with Gasteiger partial charge in [-0.1, -0.05) is 54.6 Å². The molecule has 1 unspecified atom stereocenters. The van der Waals surface area contributed by atoms with Gasteiger partial charge in [-0.2, -0.15) is 0 Å². The zero-order chi connectivity index (χ0) is 24.6. The van der Waals surface area contributed by atoms with E-state index in [0.717, 1.165) is 5.56 Å². The second kappa shape index (κ2) is 10.9. The first-order valence-electron chi connectivity index (χ1n) is 10.8. The van der Waals surface area contributed by atoms with Gasteiger partial charge in [-0.15, -0.1) is 10.2 Å². The van der Waals surface area contributed by atoms with E-state index < -0.39 is 18.0 Å². The molecule has 0 bridgehead atoms. The monoisotopic (exact) mass is 469 g/mol. The highest BCUT2D eigenvalue weighted by Crippen LogP contribution is 2.26. The maximum Gasteiger partial charge on any atom is 0.325 e. The number of benzene rings is 3. The van der Waals surface area contributed by atoms with Gasteiger partial charge in [0.1, 0.15) is 5.75 Å². The summed E-state index contributed by atoms with van der Waals surface area (Å²) in [5.41, 5.74) is 8.65. The number of phenols is 1. The standard InChI is InChI=1S/C26H23N5O4/c27-20(17-10-12-19(32)13-11-17)16-25(33)35-23-9-5-4-8-22(23)28-26(34)29-24-15-14-21(30-31-24)18-6-2-1-3-7-18/h1-15,20,32H,16,27H2,(H2,28,29,31,34). The second-order valence-corrected chi connectivity index (χ2v) is 7.62. The first kappa shape index (κ1) is 23.4. The number of ether oxygens (including phenoxy) is 1. The van der Waals surface area contributed by atoms with E-state index in [-0.39, 0.29) is 23.7 Å². The molecule has 0 aliphatic heterocycles. The minimum Gasteiger partial charge on any atom is -0.508 e. The van der Waals surface area contributed by atoms with Gasteiger partial charge < -0.3 is 20.9 Å². The van der Waals surface area contributed by atoms with Gasteiger partial charge in [0, 0.05) is 11.6 Å². The fraction of sp³-hybridized carbons (Fsp3) is 0.0769. The van der Waals surface area contributed by atoms with E-state index in [1.165, 1.54) is 12.1 Å². The smallest absolute Gasteiger partial charge is 0.325 e. The van der Waals surface area contributed by atoms with E-state index in [0.29, 0.717) is 16.9 Å². The number of rotatable bonds is 7. The number of urea groups is 1. The summed E-state index contributed by atoms with van der Waals surface area (Å²) in [5, 5.41) is 22.8. The molecule has 0 aliphatic rings. The number of anilines is 2. The molecule has 4 rings (SSSR count). The van der Waals surface area contributed by atoms with Crippen LogP contribution in [0.3, 0.4) is 0 Å². The van der Waals surface area contributed by atoms with Crippen LogP contribution in [0.2, 0.25) is 0 Å². The molecule has 2 amide bonds. The number of nitrogens with one attached hydrogen (secondary N) is 2. The molecule has 0 spiro atoms.